The molecule has 1 atom stereocenters. The maximum absolute atomic E-state index is 11.7. The lowest BCUT2D eigenvalue weighted by Crippen LogP contribution is -2.39. The molecule has 0 radical (unpaired) electrons. The molecule has 0 bridgehead atoms. The average molecular weight is 243 g/mol. The van der Waals surface area contributed by atoms with Crippen molar-refractivity contribution < 1.29 is 14.3 Å². The molecule has 6 nitrogen and oxygen atoms in total. The summed E-state index contributed by atoms with van der Waals surface area (Å²) in [5.74, 6) is -0.806. The van der Waals surface area contributed by atoms with E-state index in [1.165, 1.54) is 0 Å². The number of rotatable bonds is 4. The summed E-state index contributed by atoms with van der Waals surface area (Å²) in [6.07, 6.45) is 0. The third kappa shape index (κ3) is 2.99. The van der Waals surface area contributed by atoms with Crippen LogP contribution in [0.15, 0.2) is 0 Å². The van der Waals surface area contributed by atoms with Gasteiger partial charge in [0.1, 0.15) is 10.9 Å². The second kappa shape index (κ2) is 5.55. The van der Waals surface area contributed by atoms with Crippen molar-refractivity contribution in [2.24, 2.45) is 0 Å². The van der Waals surface area contributed by atoms with E-state index < -0.39 is 12.0 Å². The molecule has 1 aromatic rings. The lowest BCUT2D eigenvalue weighted by Gasteiger charge is -2.11. The normalized spacial score (nSPS) is 11.9. The molecule has 0 aromatic carbocycles. The van der Waals surface area contributed by atoms with Crippen LogP contribution in [-0.4, -0.2) is 34.1 Å². The largest absolute Gasteiger partial charge is 0.464 e. The summed E-state index contributed by atoms with van der Waals surface area (Å²) in [6, 6.07) is -0.672. The first-order valence-electron chi connectivity index (χ1n) is 4.82. The number of hydrogen-bond donors (Lipinski definition) is 1. The highest BCUT2D eigenvalue weighted by molar-refractivity contribution is 7.08. The minimum absolute atomic E-state index is 0.292. The van der Waals surface area contributed by atoms with Crippen LogP contribution in [0.3, 0.4) is 0 Å². The molecule has 0 saturated carbocycles. The van der Waals surface area contributed by atoms with Crippen molar-refractivity contribution in [2.45, 2.75) is 26.8 Å². The third-order valence-corrected chi connectivity index (χ3v) is 2.67. The van der Waals surface area contributed by atoms with Gasteiger partial charge in [-0.2, -0.15) is 0 Å². The van der Waals surface area contributed by atoms with E-state index in [1.807, 2.05) is 0 Å². The van der Waals surface area contributed by atoms with Crippen molar-refractivity contribution in [1.29, 1.82) is 0 Å². The van der Waals surface area contributed by atoms with Crippen molar-refractivity contribution in [3.8, 4) is 0 Å². The van der Waals surface area contributed by atoms with Crippen LogP contribution >= 0.6 is 11.5 Å². The molecule has 1 rings (SSSR count). The highest BCUT2D eigenvalue weighted by Gasteiger charge is 2.20. The minimum atomic E-state index is -0.672. The second-order valence-corrected chi connectivity index (χ2v) is 3.89. The fourth-order valence-corrected chi connectivity index (χ4v) is 1.59. The van der Waals surface area contributed by atoms with Gasteiger partial charge in [-0.05, 0) is 32.3 Å². The van der Waals surface area contributed by atoms with Crippen molar-refractivity contribution in [3.63, 3.8) is 0 Å². The highest BCUT2D eigenvalue weighted by Crippen LogP contribution is 2.08. The number of amides is 1. The first kappa shape index (κ1) is 12.6. The van der Waals surface area contributed by atoms with E-state index in [0.717, 1.165) is 11.5 Å². The summed E-state index contributed by atoms with van der Waals surface area (Å²) in [5, 5.41) is 6.24. The molecule has 88 valence electrons. The van der Waals surface area contributed by atoms with Crippen molar-refractivity contribution in [2.75, 3.05) is 6.61 Å². The summed E-state index contributed by atoms with van der Waals surface area (Å²) >= 11 is 0.999. The molecule has 0 fully saturated rings. The fourth-order valence-electron chi connectivity index (χ4n) is 1.03. The fraction of sp³-hybridized carbons (Fsp3) is 0.556. The SMILES string of the molecule is CCOC(=O)C(C)NC(=O)c1snnc1C. The lowest BCUT2D eigenvalue weighted by molar-refractivity contribution is -0.144. The Morgan fingerprint density at radius 3 is 2.75 bits per heavy atom. The number of nitrogens with zero attached hydrogens (tertiary/aromatic N) is 2. The number of esters is 1. The molecule has 0 aliphatic rings. The molecular formula is C9H13N3O3S. The molecule has 1 N–H and O–H groups in total. The quantitative estimate of drug-likeness (QED) is 0.780. The first-order valence-corrected chi connectivity index (χ1v) is 5.60. The Morgan fingerprint density at radius 2 is 2.25 bits per heavy atom. The van der Waals surface area contributed by atoms with Crippen molar-refractivity contribution in [1.82, 2.24) is 14.9 Å². The zero-order valence-electron chi connectivity index (χ0n) is 9.31. The average Bonchev–Trinajstić information content (AvgIpc) is 2.64. The van der Waals surface area contributed by atoms with Gasteiger partial charge in [-0.25, -0.2) is 4.79 Å². The molecule has 1 heterocycles. The topological polar surface area (TPSA) is 81.2 Å². The van der Waals surface area contributed by atoms with Crippen molar-refractivity contribution in [3.05, 3.63) is 10.6 Å². The molecule has 16 heavy (non-hydrogen) atoms. The van der Waals surface area contributed by atoms with Crippen LogP contribution in [0.2, 0.25) is 0 Å². The molecule has 1 aromatic heterocycles. The zero-order valence-corrected chi connectivity index (χ0v) is 10.1. The molecule has 1 unspecified atom stereocenters. The Kier molecular flexibility index (Phi) is 4.36. The van der Waals surface area contributed by atoms with Gasteiger partial charge in [0, 0.05) is 0 Å². The lowest BCUT2D eigenvalue weighted by atomic mass is 10.3. The Hall–Kier alpha value is -1.50. The van der Waals surface area contributed by atoms with Crippen LogP contribution in [0, 0.1) is 6.92 Å². The summed E-state index contributed by atoms with van der Waals surface area (Å²) in [6.45, 7) is 5.26. The Labute approximate surface area is 97.2 Å². The summed E-state index contributed by atoms with van der Waals surface area (Å²) in [7, 11) is 0. The third-order valence-electron chi connectivity index (χ3n) is 1.85. The number of nitrogens with one attached hydrogen (secondary N) is 1. The summed E-state index contributed by atoms with van der Waals surface area (Å²) in [4.78, 5) is 23.3. The van der Waals surface area contributed by atoms with E-state index in [9.17, 15) is 9.59 Å². The molecule has 0 aliphatic heterocycles. The van der Waals surface area contributed by atoms with Crippen LogP contribution in [0.25, 0.3) is 0 Å². The monoisotopic (exact) mass is 243 g/mol. The van der Waals surface area contributed by atoms with Crippen LogP contribution in [0.5, 0.6) is 0 Å². The van der Waals surface area contributed by atoms with E-state index in [4.69, 9.17) is 4.74 Å². The van der Waals surface area contributed by atoms with Crippen LogP contribution in [0.4, 0.5) is 0 Å². The Bertz CT molecular complexity index is 391. The first-order chi connectivity index (χ1) is 7.56. The minimum Gasteiger partial charge on any atom is -0.464 e. The van der Waals surface area contributed by atoms with Crippen LogP contribution in [0.1, 0.15) is 29.2 Å². The van der Waals surface area contributed by atoms with Crippen LogP contribution < -0.4 is 5.32 Å². The standard InChI is InChI=1S/C9H13N3O3S/c1-4-15-9(14)6(3)10-8(13)7-5(2)11-12-16-7/h6H,4H2,1-3H3,(H,10,13). The van der Waals surface area contributed by atoms with Gasteiger partial charge >= 0.3 is 5.97 Å². The number of aromatic nitrogens is 2. The van der Waals surface area contributed by atoms with Crippen LogP contribution in [-0.2, 0) is 9.53 Å². The number of carbonyl (C=O) groups is 2. The van der Waals surface area contributed by atoms with E-state index in [1.54, 1.807) is 20.8 Å². The maximum Gasteiger partial charge on any atom is 0.328 e. The number of hydrogen-bond acceptors (Lipinski definition) is 6. The van der Waals surface area contributed by atoms with E-state index in [-0.39, 0.29) is 5.91 Å². The number of aryl methyl sites for hydroxylation is 1. The van der Waals surface area contributed by atoms with Gasteiger partial charge < -0.3 is 10.1 Å². The predicted octanol–water partition coefficient (Wildman–Crippen LogP) is 0.528. The van der Waals surface area contributed by atoms with Gasteiger partial charge in [0.15, 0.2) is 0 Å². The highest BCUT2D eigenvalue weighted by atomic mass is 32.1. The van der Waals surface area contributed by atoms with E-state index in [2.05, 4.69) is 14.9 Å². The summed E-state index contributed by atoms with van der Waals surface area (Å²) < 4.78 is 8.42. The Morgan fingerprint density at radius 1 is 1.56 bits per heavy atom. The number of ether oxygens (including phenoxy) is 1. The van der Waals surface area contributed by atoms with Gasteiger partial charge in [-0.15, -0.1) is 5.10 Å². The molecule has 0 aliphatic carbocycles. The summed E-state index contributed by atoms with van der Waals surface area (Å²) in [5.41, 5.74) is 0.554. The smallest absolute Gasteiger partial charge is 0.328 e. The molecule has 0 spiro atoms. The van der Waals surface area contributed by atoms with E-state index in [0.29, 0.717) is 17.2 Å². The molecule has 7 heteroatoms. The molecule has 1 amide bonds. The van der Waals surface area contributed by atoms with Gasteiger partial charge in [0.05, 0.1) is 12.3 Å². The zero-order chi connectivity index (χ0) is 12.1. The maximum atomic E-state index is 11.7. The Balaban J connectivity index is 2.58. The molecular weight excluding hydrogens is 230 g/mol. The van der Waals surface area contributed by atoms with Gasteiger partial charge in [0.2, 0.25) is 0 Å². The second-order valence-electron chi connectivity index (χ2n) is 3.13. The van der Waals surface area contributed by atoms with Gasteiger partial charge in [0.25, 0.3) is 5.91 Å². The van der Waals surface area contributed by atoms with E-state index >= 15 is 0 Å². The predicted molar refractivity (Wildman–Crippen MR) is 58.2 cm³/mol. The molecule has 0 saturated heterocycles. The van der Waals surface area contributed by atoms with Crippen molar-refractivity contribution >= 4 is 23.4 Å². The van der Waals surface area contributed by atoms with Gasteiger partial charge in [-0.3, -0.25) is 4.79 Å². The number of carbonyl (C=O) groups excluding carboxylic acids is 2. The van der Waals surface area contributed by atoms with Gasteiger partial charge in [-0.1, -0.05) is 4.49 Å².